The first-order valence-electron chi connectivity index (χ1n) is 4.87. The zero-order valence-electron chi connectivity index (χ0n) is 8.24. The molecule has 78 valence electrons. The Morgan fingerprint density at radius 3 is 2.44 bits per heavy atom. The van der Waals surface area contributed by atoms with Crippen molar-refractivity contribution in [1.29, 1.82) is 0 Å². The van der Waals surface area contributed by atoms with Gasteiger partial charge in [0.15, 0.2) is 0 Å². The highest BCUT2D eigenvalue weighted by molar-refractivity contribution is 6.32. The molecule has 0 aliphatic carbocycles. The fraction of sp³-hybridized carbons (Fsp3) is 0. The molecule has 0 fully saturated rings. The molecule has 0 amide bonds. The van der Waals surface area contributed by atoms with Gasteiger partial charge < -0.3 is 0 Å². The van der Waals surface area contributed by atoms with Crippen LogP contribution in [0, 0.1) is 0 Å². The number of nitrogens with zero attached hydrogens (tertiary/aromatic N) is 1. The van der Waals surface area contributed by atoms with Crippen LogP contribution in [0.2, 0.25) is 10.0 Å². The van der Waals surface area contributed by atoms with E-state index in [1.807, 2.05) is 30.3 Å². The van der Waals surface area contributed by atoms with Gasteiger partial charge in [-0.15, -0.1) is 0 Å². The fourth-order valence-corrected chi connectivity index (χ4v) is 2.17. The van der Waals surface area contributed by atoms with Crippen molar-refractivity contribution in [2.24, 2.45) is 0 Å². The smallest absolute Gasteiger partial charge is 0.0709 e. The van der Waals surface area contributed by atoms with E-state index in [0.717, 1.165) is 26.7 Å². The number of aromatic nitrogens is 1. The van der Waals surface area contributed by atoms with E-state index in [2.05, 4.69) is 11.1 Å². The van der Waals surface area contributed by atoms with Gasteiger partial charge in [-0.05, 0) is 41.1 Å². The summed E-state index contributed by atoms with van der Waals surface area (Å²) < 4.78 is 0. The van der Waals surface area contributed by atoms with Crippen LogP contribution in [0.4, 0.5) is 0 Å². The Labute approximate surface area is 103 Å². The van der Waals surface area contributed by atoms with Crippen molar-refractivity contribution >= 4 is 44.9 Å². The van der Waals surface area contributed by atoms with Crippen LogP contribution in [-0.4, -0.2) is 4.98 Å². The summed E-state index contributed by atoms with van der Waals surface area (Å²) in [5.41, 5.74) is 0.930. The lowest BCUT2D eigenvalue weighted by Crippen LogP contribution is -1.80. The van der Waals surface area contributed by atoms with Crippen LogP contribution in [-0.2, 0) is 0 Å². The molecule has 0 spiro atoms. The van der Waals surface area contributed by atoms with Gasteiger partial charge in [-0.2, -0.15) is 0 Å². The maximum atomic E-state index is 5.95. The van der Waals surface area contributed by atoms with E-state index in [1.54, 1.807) is 6.20 Å². The molecule has 1 heterocycles. The lowest BCUT2D eigenvalue weighted by molar-refractivity contribution is 1.42. The number of hydrogen-bond acceptors (Lipinski definition) is 1. The Balaban J connectivity index is 2.44. The van der Waals surface area contributed by atoms with Gasteiger partial charge in [0.2, 0.25) is 0 Å². The van der Waals surface area contributed by atoms with Gasteiger partial charge in [0, 0.05) is 16.6 Å². The van der Waals surface area contributed by atoms with Gasteiger partial charge in [-0.3, -0.25) is 4.98 Å². The molecule has 0 saturated carbocycles. The van der Waals surface area contributed by atoms with Gasteiger partial charge in [0.1, 0.15) is 0 Å². The topological polar surface area (TPSA) is 12.9 Å². The number of pyridine rings is 1. The molecule has 3 heteroatoms. The van der Waals surface area contributed by atoms with Crippen LogP contribution < -0.4 is 0 Å². The average molecular weight is 248 g/mol. The molecule has 0 atom stereocenters. The molecule has 2 aromatic carbocycles. The first-order chi connectivity index (χ1) is 7.72. The van der Waals surface area contributed by atoms with Gasteiger partial charge in [-0.25, -0.2) is 0 Å². The number of fused-ring (bicyclic) bond motifs is 2. The first kappa shape index (κ1) is 9.88. The predicted molar refractivity (Wildman–Crippen MR) is 69.3 cm³/mol. The Morgan fingerprint density at radius 1 is 0.750 bits per heavy atom. The van der Waals surface area contributed by atoms with Gasteiger partial charge in [0.05, 0.1) is 10.5 Å². The Kier molecular flexibility index (Phi) is 2.23. The second-order valence-electron chi connectivity index (χ2n) is 3.69. The third-order valence-corrected chi connectivity index (χ3v) is 3.01. The SMILES string of the molecule is Clc1ccc2cc3cc(Cl)cnc3cc2c1. The maximum absolute atomic E-state index is 5.95. The second-order valence-corrected chi connectivity index (χ2v) is 4.56. The summed E-state index contributed by atoms with van der Waals surface area (Å²) in [6.07, 6.45) is 1.65. The molecule has 0 unspecified atom stereocenters. The maximum Gasteiger partial charge on any atom is 0.0709 e. The van der Waals surface area contributed by atoms with E-state index in [-0.39, 0.29) is 0 Å². The Bertz CT molecular complexity index is 630. The van der Waals surface area contributed by atoms with E-state index in [1.165, 1.54) is 0 Å². The molecule has 3 rings (SSSR count). The van der Waals surface area contributed by atoms with E-state index < -0.39 is 0 Å². The average Bonchev–Trinajstić information content (AvgIpc) is 2.26. The molecule has 0 aliphatic heterocycles. The summed E-state index contributed by atoms with van der Waals surface area (Å²) in [5, 5.41) is 4.67. The van der Waals surface area contributed by atoms with E-state index in [4.69, 9.17) is 23.2 Å². The van der Waals surface area contributed by atoms with Crippen molar-refractivity contribution in [3.63, 3.8) is 0 Å². The van der Waals surface area contributed by atoms with Crippen molar-refractivity contribution in [3.8, 4) is 0 Å². The molecule has 3 aromatic rings. The third kappa shape index (κ3) is 1.62. The largest absolute Gasteiger partial charge is 0.255 e. The van der Waals surface area contributed by atoms with Gasteiger partial charge in [-0.1, -0.05) is 29.3 Å². The molecule has 0 N–H and O–H groups in total. The van der Waals surface area contributed by atoms with Crippen LogP contribution >= 0.6 is 23.2 Å². The van der Waals surface area contributed by atoms with Crippen molar-refractivity contribution in [2.75, 3.05) is 0 Å². The molecular weight excluding hydrogens is 241 g/mol. The van der Waals surface area contributed by atoms with E-state index in [9.17, 15) is 0 Å². The first-order valence-corrected chi connectivity index (χ1v) is 5.62. The second kappa shape index (κ2) is 3.62. The minimum absolute atomic E-state index is 0.654. The number of rotatable bonds is 0. The molecule has 0 saturated heterocycles. The molecule has 1 aromatic heterocycles. The quantitative estimate of drug-likeness (QED) is 0.525. The molecule has 0 radical (unpaired) electrons. The molecule has 16 heavy (non-hydrogen) atoms. The molecule has 0 aliphatic rings. The zero-order chi connectivity index (χ0) is 11.1. The van der Waals surface area contributed by atoms with Gasteiger partial charge in [0.25, 0.3) is 0 Å². The summed E-state index contributed by atoms with van der Waals surface area (Å²) in [6, 6.07) is 11.8. The van der Waals surface area contributed by atoms with E-state index in [0.29, 0.717) is 5.02 Å². The summed E-state index contributed by atoms with van der Waals surface area (Å²) in [7, 11) is 0. The van der Waals surface area contributed by atoms with Gasteiger partial charge >= 0.3 is 0 Å². The predicted octanol–water partition coefficient (Wildman–Crippen LogP) is 4.69. The summed E-state index contributed by atoms with van der Waals surface area (Å²) >= 11 is 11.9. The Morgan fingerprint density at radius 2 is 1.56 bits per heavy atom. The Hall–Kier alpha value is -1.31. The minimum atomic E-state index is 0.654. The van der Waals surface area contributed by atoms with Crippen LogP contribution in [0.15, 0.2) is 42.6 Å². The number of benzene rings is 2. The summed E-state index contributed by atoms with van der Waals surface area (Å²) in [4.78, 5) is 4.29. The standard InChI is InChI=1S/C13H7Cl2N/c14-11-2-1-8-3-10-5-12(15)7-16-13(10)6-9(8)4-11/h1-7H. The van der Waals surface area contributed by atoms with Crippen LogP contribution in [0.1, 0.15) is 0 Å². The summed E-state index contributed by atoms with van der Waals surface area (Å²) in [5.74, 6) is 0. The molecule has 0 bridgehead atoms. The highest BCUT2D eigenvalue weighted by atomic mass is 35.5. The third-order valence-electron chi connectivity index (χ3n) is 2.57. The lowest BCUT2D eigenvalue weighted by atomic mass is 10.1. The van der Waals surface area contributed by atoms with Crippen molar-refractivity contribution in [2.45, 2.75) is 0 Å². The zero-order valence-corrected chi connectivity index (χ0v) is 9.76. The van der Waals surface area contributed by atoms with Crippen molar-refractivity contribution < 1.29 is 0 Å². The highest BCUT2D eigenvalue weighted by Gasteiger charge is 2.00. The van der Waals surface area contributed by atoms with Crippen LogP contribution in [0.3, 0.4) is 0 Å². The van der Waals surface area contributed by atoms with E-state index >= 15 is 0 Å². The molecule has 1 nitrogen and oxygen atoms in total. The van der Waals surface area contributed by atoms with Crippen LogP contribution in [0.25, 0.3) is 21.7 Å². The monoisotopic (exact) mass is 247 g/mol. The molecular formula is C13H7Cl2N. The summed E-state index contributed by atoms with van der Waals surface area (Å²) in [6.45, 7) is 0. The van der Waals surface area contributed by atoms with Crippen molar-refractivity contribution in [3.05, 3.63) is 52.6 Å². The van der Waals surface area contributed by atoms with Crippen LogP contribution in [0.5, 0.6) is 0 Å². The number of halogens is 2. The number of hydrogen-bond donors (Lipinski definition) is 0. The minimum Gasteiger partial charge on any atom is -0.255 e. The lowest BCUT2D eigenvalue weighted by Gasteiger charge is -2.02. The van der Waals surface area contributed by atoms with Crippen molar-refractivity contribution in [1.82, 2.24) is 4.98 Å². The highest BCUT2D eigenvalue weighted by Crippen LogP contribution is 2.25. The normalized spacial score (nSPS) is 11.1. The fourth-order valence-electron chi connectivity index (χ4n) is 1.82.